The minimum Gasteiger partial charge on any atom is -0.490 e. The van der Waals surface area contributed by atoms with Crippen molar-refractivity contribution in [1.82, 2.24) is 4.90 Å². The van der Waals surface area contributed by atoms with Crippen molar-refractivity contribution in [3.63, 3.8) is 0 Å². The standard InChI is InChI=1S/C26H29N3O5/c1-4-33-24-15-20(6-8-23(24)34-17-25(30)29-9-11-32-12-10-29)14-21(16-27)26(31)28-22-7-5-18(2)13-19(22)3/h5-8,13-15H,4,9-12,17H2,1-3H3,(H,28,31)/b21-14-. The summed E-state index contributed by atoms with van der Waals surface area (Å²) in [6, 6.07) is 12.7. The Morgan fingerprint density at radius 3 is 2.56 bits per heavy atom. The number of anilines is 1. The maximum Gasteiger partial charge on any atom is 0.266 e. The van der Waals surface area contributed by atoms with Crippen LogP contribution in [0.3, 0.4) is 0 Å². The number of nitriles is 1. The molecule has 34 heavy (non-hydrogen) atoms. The molecule has 0 aliphatic carbocycles. The Morgan fingerprint density at radius 2 is 1.88 bits per heavy atom. The van der Waals surface area contributed by atoms with Crippen molar-refractivity contribution in [1.29, 1.82) is 5.26 Å². The third kappa shape index (κ3) is 6.59. The molecule has 1 fully saturated rings. The summed E-state index contributed by atoms with van der Waals surface area (Å²) in [7, 11) is 0. The van der Waals surface area contributed by atoms with E-state index in [9.17, 15) is 14.9 Å². The van der Waals surface area contributed by atoms with Gasteiger partial charge in [-0.25, -0.2) is 0 Å². The van der Waals surface area contributed by atoms with Crippen LogP contribution in [0.4, 0.5) is 5.69 Å². The topological polar surface area (TPSA) is 101 Å². The Hall–Kier alpha value is -3.83. The third-order valence-electron chi connectivity index (χ3n) is 5.29. The molecule has 2 aromatic carbocycles. The zero-order valence-corrected chi connectivity index (χ0v) is 19.7. The molecule has 0 saturated carbocycles. The third-order valence-corrected chi connectivity index (χ3v) is 5.29. The summed E-state index contributed by atoms with van der Waals surface area (Å²) < 4.78 is 16.7. The molecule has 8 heteroatoms. The number of nitrogens with one attached hydrogen (secondary N) is 1. The zero-order chi connectivity index (χ0) is 24.5. The largest absolute Gasteiger partial charge is 0.490 e. The molecule has 1 saturated heterocycles. The van der Waals surface area contributed by atoms with Crippen LogP contribution in [0.5, 0.6) is 11.5 Å². The summed E-state index contributed by atoms with van der Waals surface area (Å²) in [5.74, 6) is 0.227. The van der Waals surface area contributed by atoms with Gasteiger partial charge in [0.05, 0.1) is 19.8 Å². The molecule has 1 heterocycles. The molecule has 0 spiro atoms. The lowest BCUT2D eigenvalue weighted by Crippen LogP contribution is -2.43. The predicted octanol–water partition coefficient (Wildman–Crippen LogP) is 3.49. The minimum atomic E-state index is -0.496. The molecule has 3 rings (SSSR count). The maximum atomic E-state index is 12.7. The fourth-order valence-electron chi connectivity index (χ4n) is 3.50. The molecule has 8 nitrogen and oxygen atoms in total. The first-order chi connectivity index (χ1) is 16.4. The Bertz CT molecular complexity index is 1110. The lowest BCUT2D eigenvalue weighted by Gasteiger charge is -2.26. The summed E-state index contributed by atoms with van der Waals surface area (Å²) in [4.78, 5) is 26.8. The molecule has 0 aromatic heterocycles. The second kappa shape index (κ2) is 11.9. The average molecular weight is 464 g/mol. The van der Waals surface area contributed by atoms with Gasteiger partial charge in [0, 0.05) is 18.8 Å². The highest BCUT2D eigenvalue weighted by molar-refractivity contribution is 6.10. The summed E-state index contributed by atoms with van der Waals surface area (Å²) in [5.41, 5.74) is 3.21. The molecular weight excluding hydrogens is 434 g/mol. The highest BCUT2D eigenvalue weighted by atomic mass is 16.5. The van der Waals surface area contributed by atoms with Gasteiger partial charge in [0.25, 0.3) is 11.8 Å². The number of rotatable bonds is 8. The summed E-state index contributed by atoms with van der Waals surface area (Å²) in [5, 5.41) is 12.3. The van der Waals surface area contributed by atoms with Gasteiger partial charge in [-0.15, -0.1) is 0 Å². The van der Waals surface area contributed by atoms with Gasteiger partial charge in [-0.1, -0.05) is 23.8 Å². The first-order valence-corrected chi connectivity index (χ1v) is 11.2. The lowest BCUT2D eigenvalue weighted by molar-refractivity contribution is -0.137. The molecule has 178 valence electrons. The summed E-state index contributed by atoms with van der Waals surface area (Å²) >= 11 is 0. The van der Waals surface area contributed by atoms with Crippen LogP contribution in [0, 0.1) is 25.2 Å². The van der Waals surface area contributed by atoms with E-state index in [2.05, 4.69) is 5.32 Å². The van der Waals surface area contributed by atoms with Crippen molar-refractivity contribution in [3.8, 4) is 17.6 Å². The number of benzene rings is 2. The molecule has 0 atom stereocenters. The highest BCUT2D eigenvalue weighted by Gasteiger charge is 2.18. The van der Waals surface area contributed by atoms with E-state index in [1.54, 1.807) is 23.1 Å². The van der Waals surface area contributed by atoms with E-state index in [1.165, 1.54) is 6.08 Å². The van der Waals surface area contributed by atoms with Gasteiger partial charge >= 0.3 is 0 Å². The van der Waals surface area contributed by atoms with Crippen molar-refractivity contribution in [2.75, 3.05) is 44.8 Å². The van der Waals surface area contributed by atoms with Crippen LogP contribution in [-0.2, 0) is 14.3 Å². The number of hydrogen-bond donors (Lipinski definition) is 1. The lowest BCUT2D eigenvalue weighted by atomic mass is 10.1. The molecule has 1 N–H and O–H groups in total. The van der Waals surface area contributed by atoms with E-state index in [0.29, 0.717) is 55.7 Å². The van der Waals surface area contributed by atoms with E-state index in [0.717, 1.165) is 11.1 Å². The second-order valence-corrected chi connectivity index (χ2v) is 7.86. The van der Waals surface area contributed by atoms with Crippen molar-refractivity contribution >= 4 is 23.6 Å². The molecular formula is C26H29N3O5. The molecule has 1 aliphatic rings. The average Bonchev–Trinajstić information content (AvgIpc) is 2.84. The van der Waals surface area contributed by atoms with Crippen molar-refractivity contribution in [2.45, 2.75) is 20.8 Å². The number of carbonyl (C=O) groups is 2. The number of nitrogens with zero attached hydrogens (tertiary/aromatic N) is 2. The Balaban J connectivity index is 1.73. The van der Waals surface area contributed by atoms with Crippen LogP contribution in [0.25, 0.3) is 6.08 Å². The SMILES string of the molecule is CCOc1cc(/C=C(/C#N)C(=O)Nc2ccc(C)cc2C)ccc1OCC(=O)N1CCOCC1. The number of amides is 2. The number of morpholine rings is 1. The Labute approximate surface area is 199 Å². The number of hydrogen-bond acceptors (Lipinski definition) is 6. The normalized spacial score (nSPS) is 13.7. The van der Waals surface area contributed by atoms with Crippen molar-refractivity contribution in [3.05, 3.63) is 58.7 Å². The van der Waals surface area contributed by atoms with Crippen LogP contribution in [0.2, 0.25) is 0 Å². The van der Waals surface area contributed by atoms with Gasteiger partial charge in [0.1, 0.15) is 11.6 Å². The van der Waals surface area contributed by atoms with Crippen molar-refractivity contribution in [2.24, 2.45) is 0 Å². The van der Waals surface area contributed by atoms with Gasteiger partial charge in [0.15, 0.2) is 18.1 Å². The monoisotopic (exact) mass is 463 g/mol. The van der Waals surface area contributed by atoms with Crippen LogP contribution < -0.4 is 14.8 Å². The Kier molecular flexibility index (Phi) is 8.66. The fourth-order valence-corrected chi connectivity index (χ4v) is 3.50. The van der Waals surface area contributed by atoms with Crippen LogP contribution in [0.15, 0.2) is 42.0 Å². The van der Waals surface area contributed by atoms with Gasteiger partial charge in [-0.3, -0.25) is 9.59 Å². The maximum absolute atomic E-state index is 12.7. The van der Waals surface area contributed by atoms with Crippen molar-refractivity contribution < 1.29 is 23.8 Å². The first-order valence-electron chi connectivity index (χ1n) is 11.2. The quantitative estimate of drug-likeness (QED) is 0.475. The molecule has 0 bridgehead atoms. The van der Waals surface area contributed by atoms with Gasteiger partial charge in [-0.2, -0.15) is 5.26 Å². The molecule has 0 unspecified atom stereocenters. The molecule has 2 amide bonds. The van der Waals surface area contributed by atoms with Crippen LogP contribution >= 0.6 is 0 Å². The molecule has 2 aromatic rings. The minimum absolute atomic E-state index is 0.0430. The predicted molar refractivity (Wildman–Crippen MR) is 129 cm³/mol. The van der Waals surface area contributed by atoms with Gasteiger partial charge < -0.3 is 24.4 Å². The first kappa shape index (κ1) is 24.8. The van der Waals surface area contributed by atoms with Crippen LogP contribution in [-0.4, -0.2) is 56.2 Å². The van der Waals surface area contributed by atoms with Crippen LogP contribution in [0.1, 0.15) is 23.6 Å². The molecule has 0 radical (unpaired) electrons. The number of aryl methyl sites for hydroxylation is 2. The zero-order valence-electron chi connectivity index (χ0n) is 19.7. The van der Waals surface area contributed by atoms with E-state index < -0.39 is 5.91 Å². The number of ether oxygens (including phenoxy) is 3. The smallest absolute Gasteiger partial charge is 0.266 e. The molecule has 1 aliphatic heterocycles. The fraction of sp³-hybridized carbons (Fsp3) is 0.346. The van der Waals surface area contributed by atoms with Gasteiger partial charge in [-0.05, 0) is 56.2 Å². The van der Waals surface area contributed by atoms with E-state index in [1.807, 2.05) is 45.0 Å². The van der Waals surface area contributed by atoms with E-state index in [-0.39, 0.29) is 18.1 Å². The number of carbonyl (C=O) groups excluding carboxylic acids is 2. The van der Waals surface area contributed by atoms with E-state index >= 15 is 0 Å². The van der Waals surface area contributed by atoms with E-state index in [4.69, 9.17) is 14.2 Å². The van der Waals surface area contributed by atoms with Gasteiger partial charge in [0.2, 0.25) is 0 Å². The highest BCUT2D eigenvalue weighted by Crippen LogP contribution is 2.29. The Morgan fingerprint density at radius 1 is 1.12 bits per heavy atom. The summed E-state index contributed by atoms with van der Waals surface area (Å²) in [6.07, 6.45) is 1.49. The second-order valence-electron chi connectivity index (χ2n) is 7.86. The summed E-state index contributed by atoms with van der Waals surface area (Å²) in [6.45, 7) is 8.12.